The zero-order valence-corrected chi connectivity index (χ0v) is 15.6. The monoisotopic (exact) mass is 401 g/mol. The highest BCUT2D eigenvalue weighted by Gasteiger charge is 2.21. The molecule has 0 aliphatic carbocycles. The summed E-state index contributed by atoms with van der Waals surface area (Å²) < 4.78 is 5.20. The van der Waals surface area contributed by atoms with Gasteiger partial charge in [0, 0.05) is 16.5 Å². The van der Waals surface area contributed by atoms with Gasteiger partial charge in [-0.1, -0.05) is 70.5 Å². The molecule has 0 radical (unpaired) electrons. The lowest BCUT2D eigenvalue weighted by molar-refractivity contribution is 0.0532. The molecule has 0 aliphatic heterocycles. The van der Waals surface area contributed by atoms with Crippen molar-refractivity contribution in [1.82, 2.24) is 4.98 Å². The molecule has 0 spiro atoms. The summed E-state index contributed by atoms with van der Waals surface area (Å²) in [5.41, 5.74) is 3.79. The normalized spacial score (nSPS) is 10.6. The van der Waals surface area contributed by atoms with Crippen molar-refractivity contribution in [2.24, 2.45) is 0 Å². The van der Waals surface area contributed by atoms with Crippen LogP contribution in [0.25, 0.3) is 21.8 Å². The minimum absolute atomic E-state index is 0.322. The molecule has 0 amide bonds. The molecule has 0 atom stereocenters. The molecule has 0 bridgehead atoms. The summed E-state index contributed by atoms with van der Waals surface area (Å²) in [5, 5.41) is 1.63. The van der Waals surface area contributed by atoms with Crippen LogP contribution in [-0.4, -0.2) is 17.6 Å². The minimum Gasteiger partial charge on any atom is -0.462 e. The van der Waals surface area contributed by atoms with Crippen LogP contribution in [0.5, 0.6) is 0 Å². The molecular formula is C19H16BrNO2S. The van der Waals surface area contributed by atoms with Gasteiger partial charge in [0.2, 0.25) is 0 Å². The van der Waals surface area contributed by atoms with Gasteiger partial charge in [0.25, 0.3) is 0 Å². The van der Waals surface area contributed by atoms with E-state index in [0.29, 0.717) is 17.2 Å². The van der Waals surface area contributed by atoms with Crippen molar-refractivity contribution >= 4 is 33.2 Å². The highest BCUT2D eigenvalue weighted by atomic mass is 79.9. The number of nitrogens with zero attached hydrogens (tertiary/aromatic N) is 1. The number of esters is 1. The van der Waals surface area contributed by atoms with Crippen LogP contribution in [0.2, 0.25) is 0 Å². The van der Waals surface area contributed by atoms with Crippen molar-refractivity contribution in [2.75, 3.05) is 6.61 Å². The van der Waals surface area contributed by atoms with Gasteiger partial charge in [-0.25, -0.2) is 9.78 Å². The maximum Gasteiger partial charge on any atom is 0.350 e. The van der Waals surface area contributed by atoms with Crippen molar-refractivity contribution in [2.45, 2.75) is 12.3 Å². The van der Waals surface area contributed by atoms with Crippen LogP contribution in [0.3, 0.4) is 0 Å². The van der Waals surface area contributed by atoms with Crippen molar-refractivity contribution in [1.29, 1.82) is 0 Å². The third-order valence-corrected chi connectivity index (χ3v) is 5.22. The third kappa shape index (κ3) is 3.57. The zero-order chi connectivity index (χ0) is 16.9. The van der Waals surface area contributed by atoms with Crippen molar-refractivity contribution < 1.29 is 9.53 Å². The Labute approximate surface area is 153 Å². The predicted molar refractivity (Wildman–Crippen MR) is 102 cm³/mol. The summed E-state index contributed by atoms with van der Waals surface area (Å²) >= 11 is 4.82. The second-order valence-corrected chi connectivity index (χ2v) is 6.67. The maximum atomic E-state index is 12.3. The van der Waals surface area contributed by atoms with E-state index in [0.717, 1.165) is 21.5 Å². The van der Waals surface area contributed by atoms with Crippen LogP contribution in [0.4, 0.5) is 0 Å². The first-order valence-electron chi connectivity index (χ1n) is 7.61. The molecule has 3 aromatic rings. The molecule has 0 N–H and O–H groups in total. The minimum atomic E-state index is -0.322. The standard InChI is InChI=1S/C19H16BrNO2S/c1-2-23-19(22)17-16(14-6-4-3-5-7-14)21-18(24-17)15-10-8-13(12-20)9-11-15/h3-11H,2,12H2,1H3. The Morgan fingerprint density at radius 3 is 2.42 bits per heavy atom. The van der Waals surface area contributed by atoms with Crippen molar-refractivity contribution in [3.63, 3.8) is 0 Å². The maximum absolute atomic E-state index is 12.3. The number of alkyl halides is 1. The van der Waals surface area contributed by atoms with Crippen LogP contribution < -0.4 is 0 Å². The molecule has 0 aliphatic rings. The van der Waals surface area contributed by atoms with Gasteiger partial charge >= 0.3 is 5.97 Å². The molecule has 5 heteroatoms. The molecule has 24 heavy (non-hydrogen) atoms. The highest BCUT2D eigenvalue weighted by molar-refractivity contribution is 9.08. The number of hydrogen-bond donors (Lipinski definition) is 0. The summed E-state index contributed by atoms with van der Waals surface area (Å²) in [6.45, 7) is 2.15. The lowest BCUT2D eigenvalue weighted by atomic mass is 10.1. The van der Waals surface area contributed by atoms with Gasteiger partial charge in [0.15, 0.2) is 0 Å². The van der Waals surface area contributed by atoms with Gasteiger partial charge in [-0.15, -0.1) is 11.3 Å². The fraction of sp³-hybridized carbons (Fsp3) is 0.158. The number of ether oxygens (including phenoxy) is 1. The quantitative estimate of drug-likeness (QED) is 0.415. The number of benzene rings is 2. The Balaban J connectivity index is 2.06. The third-order valence-electron chi connectivity index (χ3n) is 3.49. The van der Waals surface area contributed by atoms with Crippen LogP contribution in [0.15, 0.2) is 54.6 Å². The van der Waals surface area contributed by atoms with Crippen LogP contribution >= 0.6 is 27.3 Å². The molecular weight excluding hydrogens is 386 g/mol. The van der Waals surface area contributed by atoms with E-state index in [1.54, 1.807) is 6.92 Å². The lowest BCUT2D eigenvalue weighted by Crippen LogP contribution is -2.03. The number of rotatable bonds is 5. The Bertz CT molecular complexity index is 828. The van der Waals surface area contributed by atoms with Crippen molar-refractivity contribution in [3.05, 3.63) is 65.0 Å². The number of halogens is 1. The molecule has 3 rings (SSSR count). The van der Waals surface area contributed by atoms with Gasteiger partial charge in [-0.2, -0.15) is 0 Å². The lowest BCUT2D eigenvalue weighted by Gasteiger charge is -2.01. The number of thiazole rings is 1. The molecule has 0 saturated carbocycles. The van der Waals surface area contributed by atoms with E-state index in [9.17, 15) is 4.79 Å². The predicted octanol–water partition coefficient (Wildman–Crippen LogP) is 5.55. The fourth-order valence-corrected chi connectivity index (χ4v) is 3.67. The van der Waals surface area contributed by atoms with Gasteiger partial charge in [-0.3, -0.25) is 0 Å². The van der Waals surface area contributed by atoms with Gasteiger partial charge in [0.05, 0.1) is 12.3 Å². The van der Waals surface area contributed by atoms with E-state index in [1.807, 2.05) is 42.5 Å². The average Bonchev–Trinajstić information content (AvgIpc) is 3.08. The fourth-order valence-electron chi connectivity index (χ4n) is 2.31. The number of hydrogen-bond acceptors (Lipinski definition) is 4. The summed E-state index contributed by atoms with van der Waals surface area (Å²) in [5.74, 6) is -0.322. The Morgan fingerprint density at radius 1 is 1.08 bits per heavy atom. The number of aromatic nitrogens is 1. The molecule has 0 fully saturated rings. The smallest absolute Gasteiger partial charge is 0.350 e. The summed E-state index contributed by atoms with van der Waals surface area (Å²) in [6, 6.07) is 17.9. The SMILES string of the molecule is CCOC(=O)c1sc(-c2ccc(CBr)cc2)nc1-c1ccccc1. The topological polar surface area (TPSA) is 39.2 Å². The van der Waals surface area contributed by atoms with Crippen molar-refractivity contribution in [3.8, 4) is 21.8 Å². The summed E-state index contributed by atoms with van der Waals surface area (Å²) in [7, 11) is 0. The summed E-state index contributed by atoms with van der Waals surface area (Å²) in [6.07, 6.45) is 0. The summed E-state index contributed by atoms with van der Waals surface area (Å²) in [4.78, 5) is 17.6. The number of carbonyl (C=O) groups excluding carboxylic acids is 1. The number of carbonyl (C=O) groups is 1. The first kappa shape index (κ1) is 16.9. The van der Waals surface area contributed by atoms with Gasteiger partial charge in [-0.05, 0) is 12.5 Å². The Morgan fingerprint density at radius 2 is 1.79 bits per heavy atom. The Kier molecular flexibility index (Phi) is 5.43. The molecule has 0 saturated heterocycles. The van der Waals surface area contributed by atoms with E-state index < -0.39 is 0 Å². The van der Waals surface area contributed by atoms with Gasteiger partial charge in [0.1, 0.15) is 9.88 Å². The largest absolute Gasteiger partial charge is 0.462 e. The van der Waals surface area contributed by atoms with Crippen LogP contribution in [0, 0.1) is 0 Å². The zero-order valence-electron chi connectivity index (χ0n) is 13.2. The first-order chi connectivity index (χ1) is 11.7. The molecule has 1 heterocycles. The second kappa shape index (κ2) is 7.73. The Hall–Kier alpha value is -1.98. The van der Waals surface area contributed by atoms with E-state index in [-0.39, 0.29) is 5.97 Å². The van der Waals surface area contributed by atoms with E-state index in [4.69, 9.17) is 9.72 Å². The molecule has 1 aromatic heterocycles. The van der Waals surface area contributed by atoms with Crippen LogP contribution in [0.1, 0.15) is 22.2 Å². The average molecular weight is 402 g/mol. The first-order valence-corrected chi connectivity index (χ1v) is 9.55. The van der Waals surface area contributed by atoms with Gasteiger partial charge < -0.3 is 4.74 Å². The second-order valence-electron chi connectivity index (χ2n) is 5.11. The van der Waals surface area contributed by atoms with E-state index in [2.05, 4.69) is 28.1 Å². The molecule has 122 valence electrons. The van der Waals surface area contributed by atoms with Crippen LogP contribution in [-0.2, 0) is 10.1 Å². The molecule has 2 aromatic carbocycles. The molecule has 3 nitrogen and oxygen atoms in total. The van der Waals surface area contributed by atoms with E-state index in [1.165, 1.54) is 16.9 Å². The van der Waals surface area contributed by atoms with E-state index >= 15 is 0 Å². The highest BCUT2D eigenvalue weighted by Crippen LogP contribution is 2.34. The molecule has 0 unspecified atom stereocenters.